The molecule has 0 radical (unpaired) electrons. The van der Waals surface area contributed by atoms with Crippen LogP contribution in [0.1, 0.15) is 25.8 Å². The molecule has 0 amide bonds. The smallest absolute Gasteiger partial charge is 0.127 e. The molecule has 13 heavy (non-hydrogen) atoms. The lowest BCUT2D eigenvalue weighted by atomic mass is 10.0. The molecule has 0 atom stereocenters. The quantitative estimate of drug-likeness (QED) is 0.690. The molecule has 1 rings (SSSR count). The monoisotopic (exact) mass is 200 g/mol. The Morgan fingerprint density at radius 2 is 2.08 bits per heavy atom. The third-order valence-corrected chi connectivity index (χ3v) is 2.24. The largest absolute Gasteiger partial charge is 0.207 e. The zero-order valence-electron chi connectivity index (χ0n) is 7.98. The van der Waals surface area contributed by atoms with E-state index in [2.05, 4.69) is 13.8 Å². The molecule has 0 aliphatic carbocycles. The zero-order valence-corrected chi connectivity index (χ0v) is 8.74. The first kappa shape index (κ1) is 10.5. The van der Waals surface area contributed by atoms with Gasteiger partial charge in [-0.25, -0.2) is 4.39 Å². The van der Waals surface area contributed by atoms with E-state index in [9.17, 15) is 4.39 Å². The standard InChI is InChI=1S/C11H14ClF/c1-8(2)3-4-9-5-6-10(12)7-11(9)13/h5-8H,3-4H2,1-2H3. The summed E-state index contributed by atoms with van der Waals surface area (Å²) in [6.45, 7) is 4.27. The van der Waals surface area contributed by atoms with Crippen molar-refractivity contribution >= 4 is 11.6 Å². The Labute approximate surface area is 83.7 Å². The molecule has 0 fully saturated rings. The molecule has 0 bridgehead atoms. The van der Waals surface area contributed by atoms with E-state index in [1.54, 1.807) is 12.1 Å². The van der Waals surface area contributed by atoms with Crippen LogP contribution in [0.15, 0.2) is 18.2 Å². The minimum absolute atomic E-state index is 0.187. The number of halogens is 2. The number of hydrogen-bond acceptors (Lipinski definition) is 0. The average Bonchev–Trinajstić information content (AvgIpc) is 2.02. The van der Waals surface area contributed by atoms with Crippen LogP contribution < -0.4 is 0 Å². The molecule has 0 saturated heterocycles. The molecular formula is C11H14ClF. The Bertz CT molecular complexity index is 281. The summed E-state index contributed by atoms with van der Waals surface area (Å²) in [5.41, 5.74) is 0.762. The molecular weight excluding hydrogens is 187 g/mol. The summed E-state index contributed by atoms with van der Waals surface area (Å²) in [5.74, 6) is 0.420. The molecule has 0 aliphatic heterocycles. The topological polar surface area (TPSA) is 0 Å². The highest BCUT2D eigenvalue weighted by atomic mass is 35.5. The van der Waals surface area contributed by atoms with Gasteiger partial charge in [-0.1, -0.05) is 31.5 Å². The van der Waals surface area contributed by atoms with Crippen molar-refractivity contribution in [1.29, 1.82) is 0 Å². The molecule has 0 heterocycles. The minimum atomic E-state index is -0.187. The van der Waals surface area contributed by atoms with Crippen LogP contribution in [-0.2, 0) is 6.42 Å². The summed E-state index contributed by atoms with van der Waals surface area (Å²) in [4.78, 5) is 0. The molecule has 0 aliphatic rings. The average molecular weight is 201 g/mol. The molecule has 0 unspecified atom stereocenters. The first-order valence-electron chi connectivity index (χ1n) is 4.53. The number of aryl methyl sites for hydroxylation is 1. The second-order valence-electron chi connectivity index (χ2n) is 3.67. The molecule has 0 N–H and O–H groups in total. The zero-order chi connectivity index (χ0) is 9.84. The fourth-order valence-corrected chi connectivity index (χ4v) is 1.33. The summed E-state index contributed by atoms with van der Waals surface area (Å²) in [5, 5.41) is 0.464. The van der Waals surface area contributed by atoms with E-state index in [4.69, 9.17) is 11.6 Å². The summed E-state index contributed by atoms with van der Waals surface area (Å²) in [6, 6.07) is 4.87. The molecule has 0 aromatic heterocycles. The normalized spacial score (nSPS) is 10.8. The van der Waals surface area contributed by atoms with Crippen molar-refractivity contribution in [3.05, 3.63) is 34.6 Å². The minimum Gasteiger partial charge on any atom is -0.207 e. The maximum Gasteiger partial charge on any atom is 0.127 e. The molecule has 0 spiro atoms. The van der Waals surface area contributed by atoms with Crippen molar-refractivity contribution in [1.82, 2.24) is 0 Å². The molecule has 0 nitrogen and oxygen atoms in total. The van der Waals surface area contributed by atoms with Gasteiger partial charge in [0.05, 0.1) is 0 Å². The van der Waals surface area contributed by atoms with Crippen molar-refractivity contribution in [2.24, 2.45) is 5.92 Å². The van der Waals surface area contributed by atoms with Gasteiger partial charge in [0.15, 0.2) is 0 Å². The lowest BCUT2D eigenvalue weighted by molar-refractivity contribution is 0.558. The van der Waals surface area contributed by atoms with E-state index < -0.39 is 0 Å². The van der Waals surface area contributed by atoms with Gasteiger partial charge in [0.1, 0.15) is 5.82 Å². The Kier molecular flexibility index (Phi) is 3.73. The van der Waals surface area contributed by atoms with Crippen molar-refractivity contribution in [2.75, 3.05) is 0 Å². The van der Waals surface area contributed by atoms with Gasteiger partial charge in [-0.15, -0.1) is 0 Å². The highest BCUT2D eigenvalue weighted by Crippen LogP contribution is 2.17. The van der Waals surface area contributed by atoms with E-state index in [-0.39, 0.29) is 5.82 Å². The molecule has 72 valence electrons. The first-order valence-corrected chi connectivity index (χ1v) is 4.91. The first-order chi connectivity index (χ1) is 6.09. The Morgan fingerprint density at radius 1 is 1.38 bits per heavy atom. The van der Waals surface area contributed by atoms with E-state index in [0.29, 0.717) is 10.9 Å². The van der Waals surface area contributed by atoms with Crippen LogP contribution in [0.25, 0.3) is 0 Å². The van der Waals surface area contributed by atoms with Gasteiger partial charge >= 0.3 is 0 Å². The summed E-state index contributed by atoms with van der Waals surface area (Å²) >= 11 is 5.64. The molecule has 1 aromatic rings. The Balaban J connectivity index is 2.67. The highest BCUT2D eigenvalue weighted by Gasteiger charge is 2.03. The predicted octanol–water partition coefficient (Wildman–Crippen LogP) is 4.07. The van der Waals surface area contributed by atoms with Gasteiger partial charge in [-0.3, -0.25) is 0 Å². The summed E-state index contributed by atoms with van der Waals surface area (Å²) in [7, 11) is 0. The van der Waals surface area contributed by atoms with Crippen LogP contribution in [0.2, 0.25) is 5.02 Å². The second kappa shape index (κ2) is 4.61. The van der Waals surface area contributed by atoms with Crippen LogP contribution in [0.5, 0.6) is 0 Å². The Hall–Kier alpha value is -0.560. The molecule has 1 aromatic carbocycles. The van der Waals surface area contributed by atoms with Crippen molar-refractivity contribution in [3.8, 4) is 0 Å². The van der Waals surface area contributed by atoms with Crippen LogP contribution in [0.3, 0.4) is 0 Å². The fourth-order valence-electron chi connectivity index (χ4n) is 1.17. The fraction of sp³-hybridized carbons (Fsp3) is 0.455. The molecule has 2 heteroatoms. The van der Waals surface area contributed by atoms with Gasteiger partial charge in [0.25, 0.3) is 0 Å². The van der Waals surface area contributed by atoms with Gasteiger partial charge in [-0.2, -0.15) is 0 Å². The third kappa shape index (κ3) is 3.35. The van der Waals surface area contributed by atoms with Gasteiger partial charge in [-0.05, 0) is 36.5 Å². The summed E-state index contributed by atoms with van der Waals surface area (Å²) < 4.78 is 13.2. The van der Waals surface area contributed by atoms with E-state index in [1.807, 2.05) is 0 Å². The summed E-state index contributed by atoms with van der Waals surface area (Å²) in [6.07, 6.45) is 1.80. The van der Waals surface area contributed by atoms with Crippen LogP contribution in [0.4, 0.5) is 4.39 Å². The van der Waals surface area contributed by atoms with Gasteiger partial charge in [0, 0.05) is 5.02 Å². The highest BCUT2D eigenvalue weighted by molar-refractivity contribution is 6.30. The lowest BCUT2D eigenvalue weighted by Gasteiger charge is -2.05. The SMILES string of the molecule is CC(C)CCc1ccc(Cl)cc1F. The van der Waals surface area contributed by atoms with Crippen molar-refractivity contribution in [3.63, 3.8) is 0 Å². The molecule has 0 saturated carbocycles. The number of benzene rings is 1. The second-order valence-corrected chi connectivity index (χ2v) is 4.10. The van der Waals surface area contributed by atoms with Crippen LogP contribution in [0, 0.1) is 11.7 Å². The lowest BCUT2D eigenvalue weighted by Crippen LogP contribution is -1.95. The van der Waals surface area contributed by atoms with Crippen LogP contribution >= 0.6 is 11.6 Å². The van der Waals surface area contributed by atoms with Gasteiger partial charge in [0.2, 0.25) is 0 Å². The van der Waals surface area contributed by atoms with E-state index in [0.717, 1.165) is 18.4 Å². The number of hydrogen-bond donors (Lipinski definition) is 0. The van der Waals surface area contributed by atoms with Crippen LogP contribution in [-0.4, -0.2) is 0 Å². The van der Waals surface area contributed by atoms with Gasteiger partial charge < -0.3 is 0 Å². The predicted molar refractivity (Wildman–Crippen MR) is 54.6 cm³/mol. The maximum absolute atomic E-state index is 13.2. The number of rotatable bonds is 3. The maximum atomic E-state index is 13.2. The third-order valence-electron chi connectivity index (χ3n) is 2.01. The van der Waals surface area contributed by atoms with Crippen molar-refractivity contribution < 1.29 is 4.39 Å². The van der Waals surface area contributed by atoms with Crippen molar-refractivity contribution in [2.45, 2.75) is 26.7 Å². The Morgan fingerprint density at radius 3 is 2.62 bits per heavy atom. The van der Waals surface area contributed by atoms with E-state index >= 15 is 0 Å². The van der Waals surface area contributed by atoms with E-state index in [1.165, 1.54) is 6.07 Å².